The molecule has 47 heavy (non-hydrogen) atoms. The molecule has 0 N–H and O–H groups in total. The number of fused-ring (bicyclic) bond motifs is 15. The summed E-state index contributed by atoms with van der Waals surface area (Å²) in [4.78, 5) is 15.1. The molecule has 5 aromatic heterocycles. The van der Waals surface area contributed by atoms with Gasteiger partial charge in [0.25, 0.3) is 0 Å². The minimum absolute atomic E-state index is 0.504. The van der Waals surface area contributed by atoms with Gasteiger partial charge in [-0.15, -0.1) is 0 Å². The lowest BCUT2D eigenvalue weighted by molar-refractivity contribution is 0.651. The summed E-state index contributed by atoms with van der Waals surface area (Å²) in [6.07, 6.45) is 3.62. The Kier molecular flexibility index (Phi) is 4.75. The molecule has 218 valence electrons. The maximum atomic E-state index is 6.82. The zero-order valence-corrected chi connectivity index (χ0v) is 24.8. The number of hydrogen-bond acceptors (Lipinski definition) is 5. The molecule has 6 aromatic carbocycles. The third-order valence-electron chi connectivity index (χ3n) is 9.49. The molecule has 6 nitrogen and oxygen atoms in total. The molecule has 0 aliphatic heterocycles. The van der Waals surface area contributed by atoms with Crippen molar-refractivity contribution in [3.63, 3.8) is 0 Å². The summed E-state index contributed by atoms with van der Waals surface area (Å²) >= 11 is 0. The summed E-state index contributed by atoms with van der Waals surface area (Å²) in [5, 5.41) is 10.7. The summed E-state index contributed by atoms with van der Waals surface area (Å²) in [5.74, 6) is 0.504. The van der Waals surface area contributed by atoms with Crippen LogP contribution in [0.4, 0.5) is 0 Å². The van der Waals surface area contributed by atoms with Crippen LogP contribution in [0.15, 0.2) is 143 Å². The molecule has 0 aliphatic rings. The van der Waals surface area contributed by atoms with Crippen LogP contribution < -0.4 is 0 Å². The Bertz CT molecular complexity index is 3080. The first-order valence-electron chi connectivity index (χ1n) is 15.6. The van der Waals surface area contributed by atoms with Crippen LogP contribution in [0.5, 0.6) is 0 Å². The van der Waals surface area contributed by atoms with Gasteiger partial charge in [-0.05, 0) is 40.4 Å². The SMILES string of the molecule is c1cncc(-c2nc(-n3c4c5ccccc5ccc4c4c5ccccc5c5c6ccccc6oc5c43)nc3oc4ccccc4c23)c1. The highest BCUT2D eigenvalue weighted by Gasteiger charge is 2.26. The quantitative estimate of drug-likeness (QED) is 0.197. The van der Waals surface area contributed by atoms with E-state index in [-0.39, 0.29) is 0 Å². The van der Waals surface area contributed by atoms with E-state index in [1.54, 1.807) is 6.20 Å². The van der Waals surface area contributed by atoms with Gasteiger partial charge in [0.05, 0.1) is 16.6 Å². The fourth-order valence-electron chi connectivity index (χ4n) is 7.56. The van der Waals surface area contributed by atoms with Crippen LogP contribution in [0.2, 0.25) is 0 Å². The molecule has 0 radical (unpaired) electrons. The Morgan fingerprint density at radius 3 is 1.96 bits per heavy atom. The smallest absolute Gasteiger partial charge is 0.238 e. The van der Waals surface area contributed by atoms with Crippen LogP contribution in [-0.2, 0) is 0 Å². The molecule has 0 amide bonds. The monoisotopic (exact) mass is 602 g/mol. The van der Waals surface area contributed by atoms with Crippen molar-refractivity contribution in [1.29, 1.82) is 0 Å². The second kappa shape index (κ2) is 9.02. The molecule has 0 atom stereocenters. The predicted octanol–water partition coefficient (Wildman–Crippen LogP) is 10.7. The largest absolute Gasteiger partial charge is 0.454 e. The Morgan fingerprint density at radius 2 is 1.17 bits per heavy atom. The highest BCUT2D eigenvalue weighted by Crippen LogP contribution is 2.47. The van der Waals surface area contributed by atoms with Crippen LogP contribution in [-0.4, -0.2) is 19.5 Å². The summed E-state index contributed by atoms with van der Waals surface area (Å²) in [6.45, 7) is 0. The van der Waals surface area contributed by atoms with Gasteiger partial charge in [-0.25, -0.2) is 4.98 Å². The molecule has 0 fully saturated rings. The zero-order chi connectivity index (χ0) is 30.6. The van der Waals surface area contributed by atoms with Gasteiger partial charge in [-0.3, -0.25) is 9.55 Å². The highest BCUT2D eigenvalue weighted by atomic mass is 16.3. The molecule has 0 saturated heterocycles. The lowest BCUT2D eigenvalue weighted by atomic mass is 9.98. The standard InChI is InChI=1S/C41H22N4O2/c1-2-12-25-23(10-1)19-20-30-33-26-13-3-4-14-27(26)34-28-15-5-7-17-31(28)46-39(34)38(33)45(37(25)30)41-43-36(24-11-9-21-42-22-24)35-29-16-6-8-18-32(29)47-40(35)44-41/h1-22H. The van der Waals surface area contributed by atoms with E-state index in [1.165, 1.54) is 0 Å². The molecule has 11 rings (SSSR count). The lowest BCUT2D eigenvalue weighted by Gasteiger charge is -2.11. The van der Waals surface area contributed by atoms with Gasteiger partial charge >= 0.3 is 0 Å². The molecular weight excluding hydrogens is 580 g/mol. The summed E-state index contributed by atoms with van der Waals surface area (Å²) < 4.78 is 15.5. The summed E-state index contributed by atoms with van der Waals surface area (Å²) in [7, 11) is 0. The minimum atomic E-state index is 0.504. The van der Waals surface area contributed by atoms with E-state index in [4.69, 9.17) is 18.8 Å². The van der Waals surface area contributed by atoms with Crippen molar-refractivity contribution in [3.05, 3.63) is 134 Å². The van der Waals surface area contributed by atoms with Gasteiger partial charge in [0.1, 0.15) is 16.7 Å². The normalized spacial score (nSPS) is 12.3. The Labute approximate surface area is 266 Å². The van der Waals surface area contributed by atoms with E-state index in [9.17, 15) is 0 Å². The topological polar surface area (TPSA) is 69.9 Å². The molecule has 5 heterocycles. The Balaban J connectivity index is 1.43. The second-order valence-electron chi connectivity index (χ2n) is 12.0. The van der Waals surface area contributed by atoms with Gasteiger partial charge < -0.3 is 8.83 Å². The van der Waals surface area contributed by atoms with Crippen LogP contribution in [0.3, 0.4) is 0 Å². The molecule has 0 aliphatic carbocycles. The van der Waals surface area contributed by atoms with Gasteiger partial charge in [0.15, 0.2) is 5.58 Å². The summed E-state index contributed by atoms with van der Waals surface area (Å²) in [5.41, 5.74) is 6.52. The van der Waals surface area contributed by atoms with E-state index in [2.05, 4.69) is 88.4 Å². The van der Waals surface area contributed by atoms with Gasteiger partial charge in [0.2, 0.25) is 11.7 Å². The molecule has 11 aromatic rings. The number of pyridine rings is 1. The highest BCUT2D eigenvalue weighted by molar-refractivity contribution is 6.36. The van der Waals surface area contributed by atoms with Crippen molar-refractivity contribution in [2.45, 2.75) is 0 Å². The number of hydrogen-bond donors (Lipinski definition) is 0. The van der Waals surface area contributed by atoms with E-state index < -0.39 is 0 Å². The lowest BCUT2D eigenvalue weighted by Crippen LogP contribution is -2.03. The molecule has 0 bridgehead atoms. The van der Waals surface area contributed by atoms with Crippen LogP contribution in [0, 0.1) is 0 Å². The fourth-order valence-corrected chi connectivity index (χ4v) is 7.56. The molecular formula is C41H22N4O2. The van der Waals surface area contributed by atoms with E-state index in [0.29, 0.717) is 11.7 Å². The van der Waals surface area contributed by atoms with Crippen molar-refractivity contribution >= 4 is 87.4 Å². The maximum Gasteiger partial charge on any atom is 0.238 e. The molecule has 6 heteroatoms. The average Bonchev–Trinajstić information content (AvgIpc) is 3.82. The molecule has 0 saturated carbocycles. The van der Waals surface area contributed by atoms with Crippen LogP contribution >= 0.6 is 0 Å². The molecule has 0 spiro atoms. The van der Waals surface area contributed by atoms with Crippen molar-refractivity contribution in [2.24, 2.45) is 0 Å². The van der Waals surface area contributed by atoms with Crippen LogP contribution in [0.1, 0.15) is 0 Å². The van der Waals surface area contributed by atoms with Crippen molar-refractivity contribution in [1.82, 2.24) is 19.5 Å². The van der Waals surface area contributed by atoms with Gasteiger partial charge in [0, 0.05) is 50.3 Å². The Morgan fingerprint density at radius 1 is 0.489 bits per heavy atom. The van der Waals surface area contributed by atoms with Crippen molar-refractivity contribution in [3.8, 4) is 17.2 Å². The van der Waals surface area contributed by atoms with Crippen molar-refractivity contribution < 1.29 is 8.83 Å². The zero-order valence-electron chi connectivity index (χ0n) is 24.8. The number of aromatic nitrogens is 4. The second-order valence-corrected chi connectivity index (χ2v) is 12.0. The molecule has 0 unspecified atom stereocenters. The number of benzene rings is 6. The fraction of sp³-hybridized carbons (Fsp3) is 0. The third kappa shape index (κ3) is 3.26. The first kappa shape index (κ1) is 24.8. The summed E-state index contributed by atoms with van der Waals surface area (Å²) in [6, 6.07) is 41.8. The van der Waals surface area contributed by atoms with Gasteiger partial charge in [-0.2, -0.15) is 4.98 Å². The first-order valence-corrected chi connectivity index (χ1v) is 15.6. The average molecular weight is 603 g/mol. The van der Waals surface area contributed by atoms with E-state index in [0.717, 1.165) is 92.9 Å². The minimum Gasteiger partial charge on any atom is -0.454 e. The number of nitrogens with zero attached hydrogens (tertiary/aromatic N) is 4. The van der Waals surface area contributed by atoms with Crippen LogP contribution in [0.25, 0.3) is 105 Å². The number of para-hydroxylation sites is 2. The number of furan rings is 2. The predicted molar refractivity (Wildman–Crippen MR) is 189 cm³/mol. The maximum absolute atomic E-state index is 6.82. The van der Waals surface area contributed by atoms with Gasteiger partial charge in [-0.1, -0.05) is 97.1 Å². The van der Waals surface area contributed by atoms with E-state index >= 15 is 0 Å². The third-order valence-corrected chi connectivity index (χ3v) is 9.49. The first-order chi connectivity index (χ1) is 23.3. The van der Waals surface area contributed by atoms with Crippen molar-refractivity contribution in [2.75, 3.05) is 0 Å². The Hall–Kier alpha value is -6.53. The van der Waals surface area contributed by atoms with E-state index in [1.807, 2.05) is 48.7 Å². The number of rotatable bonds is 2.